The number of carbonyl (C=O) groups is 1. The number of rotatable bonds is 5. The number of hydrogen-bond donors (Lipinski definition) is 2. The van der Waals surface area contributed by atoms with Crippen molar-refractivity contribution in [3.05, 3.63) is 70.8 Å². The van der Waals surface area contributed by atoms with Crippen molar-refractivity contribution >= 4 is 38.9 Å². The molecule has 27 heavy (non-hydrogen) atoms. The molecular weight excluding hydrogens is 397 g/mol. The fourth-order valence-corrected chi connectivity index (χ4v) is 3.56. The van der Waals surface area contributed by atoms with Crippen molar-refractivity contribution in [2.75, 3.05) is 10.0 Å². The molecule has 0 atom stereocenters. The van der Waals surface area contributed by atoms with E-state index in [0.717, 1.165) is 12.1 Å². The smallest absolute Gasteiger partial charge is 0.294 e. The lowest BCUT2D eigenvalue weighted by Gasteiger charge is -2.14. The van der Waals surface area contributed by atoms with Gasteiger partial charge >= 0.3 is 0 Å². The summed E-state index contributed by atoms with van der Waals surface area (Å²) < 4.78 is 46.0. The second kappa shape index (κ2) is 7.37. The number of aromatic nitrogens is 1. The highest BCUT2D eigenvalue weighted by Gasteiger charge is 2.21. The molecule has 0 radical (unpaired) electrons. The number of anilines is 2. The minimum absolute atomic E-state index is 0.00670. The van der Waals surface area contributed by atoms with Crippen molar-refractivity contribution in [2.45, 2.75) is 11.8 Å². The van der Waals surface area contributed by atoms with Crippen LogP contribution in [0.4, 0.5) is 15.8 Å². The molecule has 0 saturated carbocycles. The van der Waals surface area contributed by atoms with E-state index in [4.69, 9.17) is 16.1 Å². The minimum Gasteiger partial charge on any atom is -0.351 e. The Morgan fingerprint density at radius 1 is 1.15 bits per heavy atom. The zero-order valence-electron chi connectivity index (χ0n) is 13.9. The summed E-state index contributed by atoms with van der Waals surface area (Å²) in [5.74, 6) is -1.61. The molecule has 0 fully saturated rings. The second-order valence-corrected chi connectivity index (χ2v) is 7.60. The average Bonchev–Trinajstić information content (AvgIpc) is 3.04. The number of aryl methyl sites for hydroxylation is 1. The van der Waals surface area contributed by atoms with Gasteiger partial charge in [-0.05, 0) is 37.3 Å². The van der Waals surface area contributed by atoms with Gasteiger partial charge in [0.25, 0.3) is 15.9 Å². The van der Waals surface area contributed by atoms with E-state index in [1.54, 1.807) is 6.92 Å². The molecule has 3 rings (SSSR count). The third kappa shape index (κ3) is 4.26. The van der Waals surface area contributed by atoms with E-state index in [1.165, 1.54) is 36.4 Å². The first-order chi connectivity index (χ1) is 12.8. The van der Waals surface area contributed by atoms with E-state index < -0.39 is 26.6 Å². The molecule has 10 heteroatoms. The Hall–Kier alpha value is -2.91. The highest BCUT2D eigenvalue weighted by atomic mass is 35.5. The van der Waals surface area contributed by atoms with Crippen LogP contribution in [0.2, 0.25) is 5.02 Å². The van der Waals surface area contributed by atoms with E-state index in [-0.39, 0.29) is 22.2 Å². The molecule has 0 saturated heterocycles. The van der Waals surface area contributed by atoms with Crippen LogP contribution in [0.1, 0.15) is 16.2 Å². The zero-order chi connectivity index (χ0) is 19.6. The van der Waals surface area contributed by atoms with E-state index in [0.29, 0.717) is 5.69 Å². The van der Waals surface area contributed by atoms with Gasteiger partial charge in [0, 0.05) is 11.1 Å². The third-order valence-corrected chi connectivity index (χ3v) is 5.09. The second-order valence-electron chi connectivity index (χ2n) is 5.51. The molecule has 0 aliphatic carbocycles. The van der Waals surface area contributed by atoms with Gasteiger partial charge < -0.3 is 9.84 Å². The Kier molecular flexibility index (Phi) is 5.15. The molecule has 0 bridgehead atoms. The largest absolute Gasteiger partial charge is 0.351 e. The number of sulfonamides is 1. The summed E-state index contributed by atoms with van der Waals surface area (Å²) >= 11 is 5.94. The predicted molar refractivity (Wildman–Crippen MR) is 97.9 cm³/mol. The maximum Gasteiger partial charge on any atom is 0.294 e. The summed E-state index contributed by atoms with van der Waals surface area (Å²) in [6.07, 6.45) is 0. The highest BCUT2D eigenvalue weighted by Crippen LogP contribution is 2.29. The van der Waals surface area contributed by atoms with Crippen molar-refractivity contribution in [3.63, 3.8) is 0 Å². The molecule has 140 valence electrons. The Bertz CT molecular complexity index is 1110. The van der Waals surface area contributed by atoms with Crippen molar-refractivity contribution in [1.82, 2.24) is 5.16 Å². The molecule has 1 aromatic heterocycles. The molecule has 1 amide bonds. The molecule has 0 aliphatic heterocycles. The number of halogens is 2. The summed E-state index contributed by atoms with van der Waals surface area (Å²) in [6.45, 7) is 1.65. The van der Waals surface area contributed by atoms with Gasteiger partial charge in [-0.1, -0.05) is 28.9 Å². The monoisotopic (exact) mass is 409 g/mol. The zero-order valence-corrected chi connectivity index (χ0v) is 15.4. The Labute approximate surface area is 159 Å². The summed E-state index contributed by atoms with van der Waals surface area (Å²) in [5, 5.41) is 6.36. The van der Waals surface area contributed by atoms with E-state index in [2.05, 4.69) is 15.2 Å². The van der Waals surface area contributed by atoms with Crippen LogP contribution in [0.25, 0.3) is 0 Å². The van der Waals surface area contributed by atoms with Crippen LogP contribution in [-0.4, -0.2) is 19.5 Å². The predicted octanol–water partition coefficient (Wildman–Crippen LogP) is 3.83. The number of nitrogens with one attached hydrogen (secondary N) is 2. The standard InChI is InChI=1S/C17H13ClFN3O4S/c1-10-8-15(26-21-10)17(23)20-14-9-11(18)6-7-13(14)22-27(24,25)16-5-3-2-4-12(16)19/h2-9,22H,1H3,(H,20,23). The number of amides is 1. The van der Waals surface area contributed by atoms with Crippen molar-refractivity contribution in [2.24, 2.45) is 0 Å². The molecular formula is C17H13ClFN3O4S. The molecule has 0 spiro atoms. The molecule has 0 aliphatic rings. The fourth-order valence-electron chi connectivity index (χ4n) is 2.23. The van der Waals surface area contributed by atoms with Crippen LogP contribution in [0.15, 0.2) is 57.9 Å². The molecule has 1 heterocycles. The summed E-state index contributed by atoms with van der Waals surface area (Å²) in [7, 11) is -4.23. The lowest BCUT2D eigenvalue weighted by atomic mass is 10.2. The highest BCUT2D eigenvalue weighted by molar-refractivity contribution is 7.92. The van der Waals surface area contributed by atoms with Gasteiger partial charge in [0.2, 0.25) is 5.76 Å². The third-order valence-electron chi connectivity index (χ3n) is 3.45. The fraction of sp³-hybridized carbons (Fsp3) is 0.0588. The average molecular weight is 410 g/mol. The first kappa shape index (κ1) is 18.9. The van der Waals surface area contributed by atoms with Crippen molar-refractivity contribution in [3.8, 4) is 0 Å². The lowest BCUT2D eigenvalue weighted by molar-refractivity contribution is 0.0988. The van der Waals surface area contributed by atoms with Gasteiger partial charge in [-0.3, -0.25) is 9.52 Å². The van der Waals surface area contributed by atoms with Gasteiger partial charge in [0.05, 0.1) is 17.1 Å². The first-order valence-electron chi connectivity index (χ1n) is 7.58. The topological polar surface area (TPSA) is 101 Å². The summed E-state index contributed by atoms with van der Waals surface area (Å²) in [6, 6.07) is 10.5. The van der Waals surface area contributed by atoms with Gasteiger partial charge in [-0.15, -0.1) is 0 Å². The lowest BCUT2D eigenvalue weighted by Crippen LogP contribution is -2.18. The maximum absolute atomic E-state index is 13.9. The van der Waals surface area contributed by atoms with E-state index in [9.17, 15) is 17.6 Å². The van der Waals surface area contributed by atoms with Crippen LogP contribution in [0.3, 0.4) is 0 Å². The van der Waals surface area contributed by atoms with Crippen LogP contribution in [-0.2, 0) is 10.0 Å². The number of benzene rings is 2. The Morgan fingerprint density at radius 2 is 1.89 bits per heavy atom. The first-order valence-corrected chi connectivity index (χ1v) is 9.44. The van der Waals surface area contributed by atoms with E-state index >= 15 is 0 Å². The van der Waals surface area contributed by atoms with Gasteiger partial charge in [0.1, 0.15) is 10.7 Å². The molecule has 7 nitrogen and oxygen atoms in total. The Morgan fingerprint density at radius 3 is 2.56 bits per heavy atom. The number of carbonyl (C=O) groups excluding carboxylic acids is 1. The van der Waals surface area contributed by atoms with Gasteiger partial charge in [0.15, 0.2) is 0 Å². The normalized spacial score (nSPS) is 11.2. The van der Waals surface area contributed by atoms with E-state index in [1.807, 2.05) is 0 Å². The van der Waals surface area contributed by atoms with Gasteiger partial charge in [-0.2, -0.15) is 0 Å². The SMILES string of the molecule is Cc1cc(C(=O)Nc2cc(Cl)ccc2NS(=O)(=O)c2ccccc2F)on1. The van der Waals surface area contributed by atoms with Crippen LogP contribution >= 0.6 is 11.6 Å². The summed E-state index contributed by atoms with van der Waals surface area (Å²) in [4.78, 5) is 11.7. The van der Waals surface area contributed by atoms with Gasteiger partial charge in [-0.25, -0.2) is 12.8 Å². The molecule has 2 N–H and O–H groups in total. The number of hydrogen-bond acceptors (Lipinski definition) is 5. The van der Waals surface area contributed by atoms with Crippen LogP contribution in [0, 0.1) is 12.7 Å². The molecule has 3 aromatic rings. The maximum atomic E-state index is 13.9. The number of nitrogens with zero attached hydrogens (tertiary/aromatic N) is 1. The molecule has 0 unspecified atom stereocenters. The quantitative estimate of drug-likeness (QED) is 0.666. The minimum atomic E-state index is -4.23. The summed E-state index contributed by atoms with van der Waals surface area (Å²) in [5.41, 5.74) is 0.584. The molecule has 2 aromatic carbocycles. The Balaban J connectivity index is 1.92. The van der Waals surface area contributed by atoms with Crippen LogP contribution in [0.5, 0.6) is 0 Å². The van der Waals surface area contributed by atoms with Crippen molar-refractivity contribution in [1.29, 1.82) is 0 Å². The van der Waals surface area contributed by atoms with Crippen LogP contribution < -0.4 is 10.0 Å². The van der Waals surface area contributed by atoms with Crippen molar-refractivity contribution < 1.29 is 22.1 Å².